The average molecular weight is 219 g/mol. The van der Waals surface area contributed by atoms with Gasteiger partial charge in [-0.05, 0) is 6.92 Å². The lowest BCUT2D eigenvalue weighted by molar-refractivity contribution is -0.167. The molecule has 0 saturated heterocycles. The van der Waals surface area contributed by atoms with E-state index in [-0.39, 0.29) is 0 Å². The SMILES string of the molecule is COC(=O)C1(c2ccccc2)CC(C)=NO1. The van der Waals surface area contributed by atoms with Crippen molar-refractivity contribution in [2.75, 3.05) is 7.11 Å². The summed E-state index contributed by atoms with van der Waals surface area (Å²) in [7, 11) is 1.35. The Morgan fingerprint density at radius 2 is 2.12 bits per heavy atom. The number of ether oxygens (including phenoxy) is 1. The summed E-state index contributed by atoms with van der Waals surface area (Å²) in [4.78, 5) is 17.2. The molecule has 16 heavy (non-hydrogen) atoms. The van der Waals surface area contributed by atoms with Crippen LogP contribution in [0, 0.1) is 0 Å². The fourth-order valence-electron chi connectivity index (χ4n) is 1.83. The van der Waals surface area contributed by atoms with E-state index in [9.17, 15) is 4.79 Å². The number of rotatable bonds is 2. The third-order valence-electron chi connectivity index (χ3n) is 2.62. The van der Waals surface area contributed by atoms with Gasteiger partial charge < -0.3 is 9.57 Å². The number of benzene rings is 1. The monoisotopic (exact) mass is 219 g/mol. The molecule has 0 N–H and O–H groups in total. The van der Waals surface area contributed by atoms with E-state index >= 15 is 0 Å². The van der Waals surface area contributed by atoms with Gasteiger partial charge in [-0.25, -0.2) is 4.79 Å². The van der Waals surface area contributed by atoms with E-state index in [1.165, 1.54) is 7.11 Å². The lowest BCUT2D eigenvalue weighted by atomic mass is 9.89. The molecule has 4 nitrogen and oxygen atoms in total. The fourth-order valence-corrected chi connectivity index (χ4v) is 1.83. The first kappa shape index (κ1) is 10.7. The number of oxime groups is 1. The van der Waals surface area contributed by atoms with Crippen LogP contribution in [0.4, 0.5) is 0 Å². The molecular weight excluding hydrogens is 206 g/mol. The van der Waals surface area contributed by atoms with Crippen LogP contribution in [0.25, 0.3) is 0 Å². The maximum absolute atomic E-state index is 11.9. The first-order chi connectivity index (χ1) is 7.69. The van der Waals surface area contributed by atoms with Crippen molar-refractivity contribution in [3.63, 3.8) is 0 Å². The van der Waals surface area contributed by atoms with Crippen molar-refractivity contribution in [3.8, 4) is 0 Å². The number of hydrogen-bond acceptors (Lipinski definition) is 4. The number of methoxy groups -OCH3 is 1. The van der Waals surface area contributed by atoms with Crippen LogP contribution in [0.3, 0.4) is 0 Å². The molecular formula is C12H13NO3. The topological polar surface area (TPSA) is 47.9 Å². The van der Waals surface area contributed by atoms with Crippen LogP contribution < -0.4 is 0 Å². The molecule has 1 unspecified atom stereocenters. The van der Waals surface area contributed by atoms with Crippen LogP contribution in [-0.4, -0.2) is 18.8 Å². The predicted molar refractivity (Wildman–Crippen MR) is 58.9 cm³/mol. The molecule has 0 bridgehead atoms. The summed E-state index contributed by atoms with van der Waals surface area (Å²) in [5.74, 6) is -0.417. The summed E-state index contributed by atoms with van der Waals surface area (Å²) in [6.07, 6.45) is 0.434. The molecule has 0 saturated carbocycles. The quantitative estimate of drug-likeness (QED) is 0.713. The number of nitrogens with zero attached hydrogens (tertiary/aromatic N) is 1. The highest BCUT2D eigenvalue weighted by Crippen LogP contribution is 2.35. The zero-order valence-corrected chi connectivity index (χ0v) is 9.27. The molecule has 1 aromatic carbocycles. The Labute approximate surface area is 93.9 Å². The van der Waals surface area contributed by atoms with Gasteiger partial charge in [0.1, 0.15) is 0 Å². The zero-order valence-electron chi connectivity index (χ0n) is 9.27. The molecule has 4 heteroatoms. The summed E-state index contributed by atoms with van der Waals surface area (Å²) in [5, 5.41) is 3.85. The van der Waals surface area contributed by atoms with Crippen LogP contribution in [0.5, 0.6) is 0 Å². The summed E-state index contributed by atoms with van der Waals surface area (Å²) in [6, 6.07) is 9.28. The van der Waals surface area contributed by atoms with Crippen LogP contribution in [0.2, 0.25) is 0 Å². The summed E-state index contributed by atoms with van der Waals surface area (Å²) < 4.78 is 4.80. The molecule has 84 valence electrons. The van der Waals surface area contributed by atoms with E-state index in [0.717, 1.165) is 11.3 Å². The second-order valence-electron chi connectivity index (χ2n) is 3.78. The second kappa shape index (κ2) is 3.96. The Hall–Kier alpha value is -1.84. The average Bonchev–Trinajstić information content (AvgIpc) is 2.73. The smallest absolute Gasteiger partial charge is 0.358 e. The Morgan fingerprint density at radius 3 is 2.62 bits per heavy atom. The summed E-state index contributed by atoms with van der Waals surface area (Å²) in [6.45, 7) is 1.83. The van der Waals surface area contributed by atoms with Gasteiger partial charge in [0.2, 0.25) is 0 Å². The van der Waals surface area contributed by atoms with Gasteiger partial charge in [-0.2, -0.15) is 0 Å². The van der Waals surface area contributed by atoms with Crippen molar-refractivity contribution in [2.45, 2.75) is 18.9 Å². The van der Waals surface area contributed by atoms with Crippen LogP contribution >= 0.6 is 0 Å². The molecule has 0 spiro atoms. The first-order valence-electron chi connectivity index (χ1n) is 5.04. The second-order valence-corrected chi connectivity index (χ2v) is 3.78. The van der Waals surface area contributed by atoms with Gasteiger partial charge >= 0.3 is 5.97 Å². The van der Waals surface area contributed by atoms with E-state index < -0.39 is 11.6 Å². The number of esters is 1. The van der Waals surface area contributed by atoms with Crippen molar-refractivity contribution >= 4 is 11.7 Å². The van der Waals surface area contributed by atoms with Gasteiger partial charge in [-0.3, -0.25) is 0 Å². The van der Waals surface area contributed by atoms with Crippen molar-refractivity contribution < 1.29 is 14.4 Å². The van der Waals surface area contributed by atoms with E-state index in [0.29, 0.717) is 6.42 Å². The fraction of sp³-hybridized carbons (Fsp3) is 0.333. The van der Waals surface area contributed by atoms with E-state index in [4.69, 9.17) is 9.57 Å². The molecule has 1 atom stereocenters. The minimum Gasteiger partial charge on any atom is -0.466 e. The van der Waals surface area contributed by atoms with Gasteiger partial charge in [0.25, 0.3) is 5.60 Å². The number of carbonyl (C=O) groups excluding carboxylic acids is 1. The molecule has 0 aromatic heterocycles. The predicted octanol–water partition coefficient (Wildman–Crippen LogP) is 1.85. The van der Waals surface area contributed by atoms with Gasteiger partial charge in [-0.15, -0.1) is 0 Å². The Bertz CT molecular complexity index is 427. The molecule has 1 heterocycles. The molecule has 0 amide bonds. The molecule has 0 aliphatic carbocycles. The highest BCUT2D eigenvalue weighted by molar-refractivity contribution is 5.93. The molecule has 2 rings (SSSR count). The highest BCUT2D eigenvalue weighted by Gasteiger charge is 2.48. The Kier molecular flexibility index (Phi) is 2.64. The summed E-state index contributed by atoms with van der Waals surface area (Å²) in [5.41, 5.74) is 0.455. The lowest BCUT2D eigenvalue weighted by Gasteiger charge is -2.23. The molecule has 0 radical (unpaired) electrons. The van der Waals surface area contributed by atoms with E-state index in [1.807, 2.05) is 37.3 Å². The van der Waals surface area contributed by atoms with Gasteiger partial charge in [0.15, 0.2) is 0 Å². The van der Waals surface area contributed by atoms with Crippen molar-refractivity contribution in [1.29, 1.82) is 0 Å². The third-order valence-corrected chi connectivity index (χ3v) is 2.62. The van der Waals surface area contributed by atoms with E-state index in [1.54, 1.807) is 0 Å². The van der Waals surface area contributed by atoms with Gasteiger partial charge in [-0.1, -0.05) is 35.5 Å². The number of hydrogen-bond donors (Lipinski definition) is 0. The van der Waals surface area contributed by atoms with Gasteiger partial charge in [0, 0.05) is 12.0 Å². The molecule has 1 aliphatic heterocycles. The van der Waals surface area contributed by atoms with Crippen LogP contribution in [0.1, 0.15) is 18.9 Å². The Balaban J connectivity index is 2.41. The standard InChI is InChI=1S/C12H13NO3/c1-9-8-12(16-13-9,11(14)15-2)10-6-4-3-5-7-10/h3-7H,8H2,1-2H3. The van der Waals surface area contributed by atoms with Crippen molar-refractivity contribution in [1.82, 2.24) is 0 Å². The van der Waals surface area contributed by atoms with Crippen LogP contribution in [0.15, 0.2) is 35.5 Å². The minimum absolute atomic E-state index is 0.417. The van der Waals surface area contributed by atoms with Gasteiger partial charge in [0.05, 0.1) is 12.8 Å². The van der Waals surface area contributed by atoms with Crippen molar-refractivity contribution in [2.24, 2.45) is 5.16 Å². The zero-order chi connectivity index (χ0) is 11.6. The molecule has 1 aromatic rings. The minimum atomic E-state index is -1.10. The summed E-state index contributed by atoms with van der Waals surface area (Å²) >= 11 is 0. The number of carbonyl (C=O) groups is 1. The first-order valence-corrected chi connectivity index (χ1v) is 5.04. The maximum atomic E-state index is 11.9. The largest absolute Gasteiger partial charge is 0.466 e. The van der Waals surface area contributed by atoms with Crippen LogP contribution in [-0.2, 0) is 20.0 Å². The Morgan fingerprint density at radius 1 is 1.44 bits per heavy atom. The molecule has 0 fully saturated rings. The normalized spacial score (nSPS) is 23.5. The maximum Gasteiger partial charge on any atom is 0.358 e. The van der Waals surface area contributed by atoms with E-state index in [2.05, 4.69) is 5.16 Å². The third kappa shape index (κ3) is 1.56. The molecule has 1 aliphatic rings. The highest BCUT2D eigenvalue weighted by atomic mass is 16.7. The van der Waals surface area contributed by atoms with Crippen molar-refractivity contribution in [3.05, 3.63) is 35.9 Å². The lowest BCUT2D eigenvalue weighted by Crippen LogP contribution is -2.37.